The van der Waals surface area contributed by atoms with Gasteiger partial charge >= 0.3 is 0 Å². The molecule has 1 unspecified atom stereocenters. The van der Waals surface area contributed by atoms with Crippen molar-refractivity contribution >= 4 is 21.6 Å². The summed E-state index contributed by atoms with van der Waals surface area (Å²) in [7, 11) is -0.570. The second-order valence-corrected chi connectivity index (χ2v) is 9.10. The second-order valence-electron chi connectivity index (χ2n) is 6.95. The first-order chi connectivity index (χ1) is 14.3. The molecule has 0 aliphatic heterocycles. The zero-order valence-corrected chi connectivity index (χ0v) is 17.9. The van der Waals surface area contributed by atoms with E-state index in [-0.39, 0.29) is 10.8 Å². The molecule has 156 valence electrons. The normalized spacial score (nSPS) is 12.4. The van der Waals surface area contributed by atoms with Crippen LogP contribution in [0.4, 0.5) is 5.69 Å². The van der Waals surface area contributed by atoms with Crippen molar-refractivity contribution in [2.75, 3.05) is 19.4 Å². The smallest absolute Gasteiger partial charge is 0.265 e. The Hall–Kier alpha value is -3.16. The number of ether oxygens (including phenoxy) is 1. The van der Waals surface area contributed by atoms with Gasteiger partial charge in [0.25, 0.3) is 5.91 Å². The Balaban J connectivity index is 1.61. The highest BCUT2D eigenvalue weighted by Gasteiger charge is 2.18. The molecule has 1 atom stereocenters. The number of anilines is 1. The number of benzene rings is 3. The van der Waals surface area contributed by atoms with E-state index < -0.39 is 16.1 Å². The first-order valence-corrected chi connectivity index (χ1v) is 10.9. The molecule has 0 bridgehead atoms. The predicted octanol–water partition coefficient (Wildman–Crippen LogP) is 4.01. The summed E-state index contributed by atoms with van der Waals surface area (Å²) < 4.78 is 31.1. The van der Waals surface area contributed by atoms with Crippen molar-refractivity contribution < 1.29 is 17.9 Å². The van der Waals surface area contributed by atoms with Gasteiger partial charge in [-0.2, -0.15) is 0 Å². The first kappa shape index (κ1) is 21.5. The predicted molar refractivity (Wildman–Crippen MR) is 118 cm³/mol. The third kappa shape index (κ3) is 5.06. The van der Waals surface area contributed by atoms with E-state index in [9.17, 15) is 13.2 Å². The lowest BCUT2D eigenvalue weighted by Crippen LogP contribution is -2.30. The van der Waals surface area contributed by atoms with Crippen LogP contribution in [0, 0.1) is 0 Å². The van der Waals surface area contributed by atoms with Crippen LogP contribution < -0.4 is 10.1 Å². The molecule has 30 heavy (non-hydrogen) atoms. The van der Waals surface area contributed by atoms with Crippen molar-refractivity contribution in [2.24, 2.45) is 0 Å². The summed E-state index contributed by atoms with van der Waals surface area (Å²) in [6.45, 7) is 1.66. The standard InChI is InChI=1S/C23H24N2O4S/c1-17(29-21-13-9-19(10-14-21)18-7-5-4-6-8-18)23(26)24-20-11-15-22(16-12-20)30(27,28)25(2)3/h4-17H,1-3H3,(H,24,26). The molecule has 6 nitrogen and oxygen atoms in total. The van der Waals surface area contributed by atoms with Gasteiger partial charge in [0, 0.05) is 19.8 Å². The molecule has 0 heterocycles. The van der Waals surface area contributed by atoms with E-state index in [0.29, 0.717) is 11.4 Å². The molecule has 1 amide bonds. The highest BCUT2D eigenvalue weighted by atomic mass is 32.2. The van der Waals surface area contributed by atoms with Crippen LogP contribution in [0.5, 0.6) is 5.75 Å². The number of amides is 1. The van der Waals surface area contributed by atoms with Crippen LogP contribution in [0.2, 0.25) is 0 Å². The zero-order valence-electron chi connectivity index (χ0n) is 17.1. The van der Waals surface area contributed by atoms with Crippen LogP contribution in [0.25, 0.3) is 11.1 Å². The van der Waals surface area contributed by atoms with Gasteiger partial charge in [0.05, 0.1) is 4.90 Å². The molecular formula is C23H24N2O4S. The Morgan fingerprint density at radius 1 is 0.867 bits per heavy atom. The molecule has 3 aromatic rings. The number of sulfonamides is 1. The van der Waals surface area contributed by atoms with Gasteiger partial charge in [-0.3, -0.25) is 4.79 Å². The summed E-state index contributed by atoms with van der Waals surface area (Å²) in [6.07, 6.45) is -0.724. The topological polar surface area (TPSA) is 75.7 Å². The van der Waals surface area contributed by atoms with Gasteiger partial charge in [0.15, 0.2) is 6.10 Å². The van der Waals surface area contributed by atoms with Gasteiger partial charge in [-0.15, -0.1) is 0 Å². The summed E-state index contributed by atoms with van der Waals surface area (Å²) >= 11 is 0. The van der Waals surface area contributed by atoms with Gasteiger partial charge in [0.1, 0.15) is 5.75 Å². The number of nitrogens with zero attached hydrogens (tertiary/aromatic N) is 1. The van der Waals surface area contributed by atoms with E-state index in [0.717, 1.165) is 15.4 Å². The maximum absolute atomic E-state index is 12.4. The van der Waals surface area contributed by atoms with Crippen molar-refractivity contribution in [1.82, 2.24) is 4.31 Å². The number of rotatable bonds is 7. The Labute approximate surface area is 177 Å². The largest absolute Gasteiger partial charge is 0.481 e. The summed E-state index contributed by atoms with van der Waals surface area (Å²) in [4.78, 5) is 12.6. The maximum Gasteiger partial charge on any atom is 0.265 e. The lowest BCUT2D eigenvalue weighted by Gasteiger charge is -2.16. The zero-order chi connectivity index (χ0) is 21.7. The number of hydrogen-bond acceptors (Lipinski definition) is 4. The van der Waals surface area contributed by atoms with Gasteiger partial charge in [-0.25, -0.2) is 12.7 Å². The minimum absolute atomic E-state index is 0.160. The fourth-order valence-electron chi connectivity index (χ4n) is 2.78. The summed E-state index contributed by atoms with van der Waals surface area (Å²) in [6, 6.07) is 23.5. The van der Waals surface area contributed by atoms with Crippen LogP contribution in [0.1, 0.15) is 6.92 Å². The van der Waals surface area contributed by atoms with Gasteiger partial charge in [0.2, 0.25) is 10.0 Å². The van der Waals surface area contributed by atoms with Crippen LogP contribution in [-0.4, -0.2) is 38.8 Å². The molecule has 0 saturated carbocycles. The average molecular weight is 425 g/mol. The lowest BCUT2D eigenvalue weighted by atomic mass is 10.1. The van der Waals surface area contributed by atoms with E-state index in [1.807, 2.05) is 54.6 Å². The molecule has 0 spiro atoms. The molecule has 0 aliphatic carbocycles. The van der Waals surface area contributed by atoms with E-state index in [4.69, 9.17) is 4.74 Å². The van der Waals surface area contributed by atoms with Crippen molar-refractivity contribution in [3.8, 4) is 16.9 Å². The monoisotopic (exact) mass is 424 g/mol. The third-order valence-corrected chi connectivity index (χ3v) is 6.37. The van der Waals surface area contributed by atoms with Crippen molar-refractivity contribution in [2.45, 2.75) is 17.9 Å². The minimum Gasteiger partial charge on any atom is -0.481 e. The summed E-state index contributed by atoms with van der Waals surface area (Å²) in [5.41, 5.74) is 2.66. The maximum atomic E-state index is 12.4. The van der Waals surface area contributed by atoms with Crippen molar-refractivity contribution in [3.63, 3.8) is 0 Å². The fourth-order valence-corrected chi connectivity index (χ4v) is 3.68. The fraction of sp³-hybridized carbons (Fsp3) is 0.174. The van der Waals surface area contributed by atoms with Crippen LogP contribution in [0.3, 0.4) is 0 Å². The van der Waals surface area contributed by atoms with Gasteiger partial charge in [-0.05, 0) is 54.4 Å². The Kier molecular flexibility index (Phi) is 6.54. The van der Waals surface area contributed by atoms with E-state index in [1.54, 1.807) is 19.1 Å². The highest BCUT2D eigenvalue weighted by Crippen LogP contribution is 2.23. The van der Waals surface area contributed by atoms with Crippen molar-refractivity contribution in [1.29, 1.82) is 0 Å². The molecule has 0 saturated heterocycles. The van der Waals surface area contributed by atoms with E-state index in [1.165, 1.54) is 26.2 Å². The minimum atomic E-state index is -3.51. The molecule has 3 aromatic carbocycles. The number of carbonyl (C=O) groups excluding carboxylic acids is 1. The van der Waals surface area contributed by atoms with Crippen LogP contribution in [0.15, 0.2) is 83.8 Å². The van der Waals surface area contributed by atoms with Crippen molar-refractivity contribution in [3.05, 3.63) is 78.9 Å². The number of nitrogens with one attached hydrogen (secondary N) is 1. The summed E-state index contributed by atoms with van der Waals surface area (Å²) in [5, 5.41) is 2.73. The molecule has 3 rings (SSSR count). The second kappa shape index (κ2) is 9.11. The molecular weight excluding hydrogens is 400 g/mol. The van der Waals surface area contributed by atoms with E-state index >= 15 is 0 Å². The Morgan fingerprint density at radius 2 is 1.43 bits per heavy atom. The molecule has 0 aliphatic rings. The lowest BCUT2D eigenvalue weighted by molar-refractivity contribution is -0.122. The van der Waals surface area contributed by atoms with E-state index in [2.05, 4.69) is 5.32 Å². The Morgan fingerprint density at radius 3 is 2.00 bits per heavy atom. The molecule has 0 radical (unpaired) electrons. The van der Waals surface area contributed by atoms with Gasteiger partial charge in [-0.1, -0.05) is 42.5 Å². The third-order valence-electron chi connectivity index (χ3n) is 4.54. The molecule has 0 aromatic heterocycles. The van der Waals surface area contributed by atoms with Crippen LogP contribution >= 0.6 is 0 Å². The van der Waals surface area contributed by atoms with Gasteiger partial charge < -0.3 is 10.1 Å². The van der Waals surface area contributed by atoms with Crippen LogP contribution in [-0.2, 0) is 14.8 Å². The number of hydrogen-bond donors (Lipinski definition) is 1. The summed E-state index contributed by atoms with van der Waals surface area (Å²) in [5.74, 6) is 0.259. The highest BCUT2D eigenvalue weighted by molar-refractivity contribution is 7.89. The molecule has 1 N–H and O–H groups in total. The number of carbonyl (C=O) groups is 1. The Bertz CT molecular complexity index is 1090. The SMILES string of the molecule is CC(Oc1ccc(-c2ccccc2)cc1)C(=O)Nc1ccc(S(=O)(=O)N(C)C)cc1. The molecule has 7 heteroatoms. The quantitative estimate of drug-likeness (QED) is 0.622. The first-order valence-electron chi connectivity index (χ1n) is 9.43. The average Bonchev–Trinajstić information content (AvgIpc) is 2.75. The molecule has 0 fully saturated rings.